The fourth-order valence-electron chi connectivity index (χ4n) is 11.3. The number of rotatable bonds is 49. The van der Waals surface area contributed by atoms with E-state index < -0.39 is 124 Å². The third-order valence-corrected chi connectivity index (χ3v) is 16.6. The molecule has 0 aliphatic carbocycles. The molecule has 3 aliphatic rings. The van der Waals surface area contributed by atoms with Gasteiger partial charge in [0.15, 0.2) is 18.9 Å². The van der Waals surface area contributed by atoms with E-state index in [9.17, 15) is 61.0 Å². The van der Waals surface area contributed by atoms with Crippen LogP contribution in [-0.2, 0) is 33.2 Å². The van der Waals surface area contributed by atoms with Gasteiger partial charge >= 0.3 is 0 Å². The fraction of sp³-hybridized carbons (Fsp3) is 0.952. The Morgan fingerprint density at radius 1 is 0.432 bits per heavy atom. The van der Waals surface area contributed by atoms with E-state index >= 15 is 0 Å². The lowest BCUT2D eigenvalue weighted by Crippen LogP contribution is -2.66. The van der Waals surface area contributed by atoms with Crippen molar-refractivity contribution in [1.29, 1.82) is 0 Å². The molecule has 3 rings (SSSR count). The Balaban J connectivity index is 1.44. The maximum atomic E-state index is 13.3. The molecular weight excluding hydrogens is 1050 g/mol. The highest BCUT2D eigenvalue weighted by molar-refractivity contribution is 5.76. The molecule has 19 heteroatoms. The van der Waals surface area contributed by atoms with Crippen LogP contribution in [0.25, 0.3) is 0 Å². The largest absolute Gasteiger partial charge is 0.394 e. The minimum Gasteiger partial charge on any atom is -0.394 e. The average molecular weight is 1160 g/mol. The van der Waals surface area contributed by atoms with E-state index in [1.807, 2.05) is 6.08 Å². The Labute approximate surface area is 486 Å². The zero-order valence-corrected chi connectivity index (χ0v) is 50.0. The quantitative estimate of drug-likeness (QED) is 0.0217. The van der Waals surface area contributed by atoms with Crippen LogP contribution in [0.4, 0.5) is 0 Å². The minimum absolute atomic E-state index is 0.249. The predicted molar refractivity (Wildman–Crippen MR) is 310 cm³/mol. The van der Waals surface area contributed by atoms with Crippen LogP contribution < -0.4 is 5.32 Å². The van der Waals surface area contributed by atoms with Gasteiger partial charge in [-0.1, -0.05) is 231 Å². The normalized spacial score (nSPS) is 29.8. The van der Waals surface area contributed by atoms with Crippen molar-refractivity contribution in [2.24, 2.45) is 0 Å². The highest BCUT2D eigenvalue weighted by atomic mass is 16.8. The maximum Gasteiger partial charge on any atom is 0.220 e. The first-order valence-electron chi connectivity index (χ1n) is 32.4. The zero-order chi connectivity index (χ0) is 59.0. The van der Waals surface area contributed by atoms with E-state index in [1.165, 1.54) is 173 Å². The van der Waals surface area contributed by atoms with Gasteiger partial charge in [0.25, 0.3) is 0 Å². The van der Waals surface area contributed by atoms with E-state index in [0.717, 1.165) is 44.9 Å². The second-order valence-electron chi connectivity index (χ2n) is 23.6. The molecule has 478 valence electrons. The topological polar surface area (TPSA) is 307 Å². The van der Waals surface area contributed by atoms with Crippen LogP contribution in [0.3, 0.4) is 0 Å². The summed E-state index contributed by atoms with van der Waals surface area (Å²) in [6.45, 7) is 1.74. The zero-order valence-electron chi connectivity index (χ0n) is 50.0. The van der Waals surface area contributed by atoms with Crippen molar-refractivity contribution < 1.29 is 89.4 Å². The summed E-state index contributed by atoms with van der Waals surface area (Å²) in [7, 11) is 0. The number of carbonyl (C=O) groups is 1. The number of ether oxygens (including phenoxy) is 6. The lowest BCUT2D eigenvalue weighted by molar-refractivity contribution is -0.379. The second-order valence-corrected chi connectivity index (χ2v) is 23.6. The Morgan fingerprint density at radius 2 is 0.765 bits per heavy atom. The summed E-state index contributed by atoms with van der Waals surface area (Å²) >= 11 is 0. The first-order valence-corrected chi connectivity index (χ1v) is 32.4. The summed E-state index contributed by atoms with van der Waals surface area (Å²) < 4.78 is 34.3. The van der Waals surface area contributed by atoms with Gasteiger partial charge in [0.1, 0.15) is 73.2 Å². The minimum atomic E-state index is -1.97. The number of hydrogen-bond acceptors (Lipinski definition) is 18. The van der Waals surface area contributed by atoms with Crippen molar-refractivity contribution in [1.82, 2.24) is 5.32 Å². The van der Waals surface area contributed by atoms with Crippen LogP contribution in [0.2, 0.25) is 0 Å². The summed E-state index contributed by atoms with van der Waals surface area (Å²) in [5.41, 5.74) is 0. The second kappa shape index (κ2) is 45.8. The molecule has 3 saturated heterocycles. The number of carbonyl (C=O) groups excluding carboxylic acids is 1. The molecule has 0 radical (unpaired) electrons. The van der Waals surface area contributed by atoms with Crippen molar-refractivity contribution >= 4 is 5.91 Å². The molecule has 0 aromatic heterocycles. The van der Waals surface area contributed by atoms with E-state index in [2.05, 4.69) is 19.2 Å². The lowest BCUT2D eigenvalue weighted by atomic mass is 9.96. The van der Waals surface area contributed by atoms with Gasteiger partial charge in [-0.15, -0.1) is 0 Å². The van der Waals surface area contributed by atoms with Gasteiger partial charge in [-0.25, -0.2) is 0 Å². The molecule has 0 spiro atoms. The maximum absolute atomic E-state index is 13.3. The van der Waals surface area contributed by atoms with Gasteiger partial charge in [0.2, 0.25) is 5.91 Å². The molecule has 0 saturated carbocycles. The number of nitrogens with one attached hydrogen (secondary N) is 1. The van der Waals surface area contributed by atoms with Crippen LogP contribution in [0, 0.1) is 0 Å². The molecule has 0 bridgehead atoms. The number of aliphatic hydroxyl groups is 11. The number of unbranched alkanes of at least 4 members (excludes halogenated alkanes) is 33. The molecule has 12 N–H and O–H groups in total. The predicted octanol–water partition coefficient (Wildman–Crippen LogP) is 6.94. The highest BCUT2D eigenvalue weighted by Gasteiger charge is 2.53. The number of aliphatic hydroxyl groups excluding tert-OH is 11. The molecule has 81 heavy (non-hydrogen) atoms. The van der Waals surface area contributed by atoms with E-state index in [-0.39, 0.29) is 18.9 Å². The van der Waals surface area contributed by atoms with Crippen molar-refractivity contribution in [3.05, 3.63) is 12.2 Å². The molecule has 0 aromatic rings. The van der Waals surface area contributed by atoms with E-state index in [0.29, 0.717) is 6.42 Å². The summed E-state index contributed by atoms with van der Waals surface area (Å²) in [6, 6.07) is -0.967. The number of hydrogen-bond donors (Lipinski definition) is 12. The summed E-state index contributed by atoms with van der Waals surface area (Å²) in [6.07, 6.45) is 20.5. The van der Waals surface area contributed by atoms with Crippen LogP contribution in [0.1, 0.15) is 245 Å². The Morgan fingerprint density at radius 3 is 1.16 bits per heavy atom. The molecule has 19 nitrogen and oxygen atoms in total. The van der Waals surface area contributed by atoms with Gasteiger partial charge in [-0.05, 0) is 19.3 Å². The molecule has 3 fully saturated rings. The summed E-state index contributed by atoms with van der Waals surface area (Å²) in [5.74, 6) is -0.271. The number of amides is 1. The van der Waals surface area contributed by atoms with E-state index in [1.54, 1.807) is 6.08 Å². The molecule has 17 atom stereocenters. The molecule has 0 aromatic carbocycles. The van der Waals surface area contributed by atoms with E-state index in [4.69, 9.17) is 28.4 Å². The van der Waals surface area contributed by atoms with Crippen LogP contribution >= 0.6 is 0 Å². The Kier molecular flexibility index (Phi) is 41.7. The van der Waals surface area contributed by atoms with Gasteiger partial charge in [-0.2, -0.15) is 0 Å². The van der Waals surface area contributed by atoms with Gasteiger partial charge in [-0.3, -0.25) is 4.79 Å². The van der Waals surface area contributed by atoms with Crippen molar-refractivity contribution in [3.8, 4) is 0 Å². The molecule has 0 unspecified atom stereocenters. The van der Waals surface area contributed by atoms with Crippen LogP contribution in [0.5, 0.6) is 0 Å². The molecular formula is C62H117NO18. The van der Waals surface area contributed by atoms with Crippen molar-refractivity contribution in [2.45, 2.75) is 349 Å². The smallest absolute Gasteiger partial charge is 0.220 e. The lowest BCUT2D eigenvalue weighted by Gasteiger charge is -2.48. The average Bonchev–Trinajstić information content (AvgIpc) is 3.57. The van der Waals surface area contributed by atoms with Crippen molar-refractivity contribution in [3.63, 3.8) is 0 Å². The van der Waals surface area contributed by atoms with Crippen molar-refractivity contribution in [2.75, 3.05) is 26.4 Å². The molecule has 3 heterocycles. The Bertz CT molecular complexity index is 1530. The highest BCUT2D eigenvalue weighted by Crippen LogP contribution is 2.33. The SMILES string of the molecule is CCCCCCCCCCCCC/C=C/[C@@H](O)[C@H](CO[C@@H]1O[C@H](CO)[C@@H](O[C@@H]2O[C@H](CO)[C@H](O[C@H]3O[C@H](CO)[C@H](O)[C@H](O)[C@H]3O)[C@H](O)[C@H]2O)[C@H](O)[C@H]1O)NC(=O)CCCCCCCCCCCCCCCCCCCCCCCCC. The van der Waals surface area contributed by atoms with Crippen LogP contribution in [-0.4, -0.2) is 193 Å². The third-order valence-electron chi connectivity index (χ3n) is 16.6. The Hall–Kier alpha value is -1.47. The fourth-order valence-corrected chi connectivity index (χ4v) is 11.3. The summed E-state index contributed by atoms with van der Waals surface area (Å²) in [4.78, 5) is 13.3. The first-order chi connectivity index (χ1) is 39.3. The van der Waals surface area contributed by atoms with Gasteiger partial charge in [0.05, 0.1) is 38.6 Å². The molecule has 1 amide bonds. The monoisotopic (exact) mass is 1160 g/mol. The van der Waals surface area contributed by atoms with Gasteiger partial charge in [0, 0.05) is 6.42 Å². The standard InChI is InChI=1S/C62H117NO18/c1-3-5-7-9-11-13-15-17-18-19-20-21-22-23-24-25-26-28-30-32-34-36-38-40-50(68)63-45(46(67)39-37-35-33-31-29-27-16-14-12-10-8-6-4-2)44-76-60-56(74)53(71)58(48(42-65)78-60)81-62-57(75)54(72)59(49(43-66)79-62)80-61-55(73)52(70)51(69)47(41-64)77-61/h37,39,45-49,51-62,64-67,69-75H,3-36,38,40-44H2,1-2H3,(H,63,68)/b39-37+/t45-,46+,47+,48+,49+,51-,52-,53+,54+,55+,56+,57+,58+,59-,60+,61+,62-/m0/s1. The van der Waals surface area contributed by atoms with Gasteiger partial charge < -0.3 is 89.9 Å². The molecule has 3 aliphatic heterocycles. The first kappa shape index (κ1) is 73.8. The third kappa shape index (κ3) is 29.2. The summed E-state index contributed by atoms with van der Waals surface area (Å²) in [5, 5.41) is 120. The van der Waals surface area contributed by atoms with Crippen LogP contribution in [0.15, 0.2) is 12.2 Å². The number of allylic oxidation sites excluding steroid dienone is 1.